The van der Waals surface area contributed by atoms with Gasteiger partial charge in [0, 0.05) is 13.0 Å². The lowest BCUT2D eigenvalue weighted by Gasteiger charge is -2.11. The Morgan fingerprint density at radius 1 is 1.27 bits per heavy atom. The molecule has 0 N–H and O–H groups in total. The first-order valence-electron chi connectivity index (χ1n) is 5.95. The minimum Gasteiger partial charge on any atom is -0.459 e. The van der Waals surface area contributed by atoms with Crippen LogP contribution in [0.4, 0.5) is 0 Å². The van der Waals surface area contributed by atoms with Crippen LogP contribution in [0.25, 0.3) is 0 Å². The quantitative estimate of drug-likeness (QED) is 0.581. The Bertz CT molecular complexity index is 189. The zero-order chi connectivity index (χ0) is 10.9. The second-order valence-electron chi connectivity index (χ2n) is 3.75. The Labute approximate surface area is 92.4 Å². The van der Waals surface area contributed by atoms with Crippen molar-refractivity contribution in [2.24, 2.45) is 0 Å². The molecule has 0 aromatic carbocycles. The Balaban J connectivity index is 2.01. The topological polar surface area (TPSA) is 27.7 Å². The summed E-state index contributed by atoms with van der Waals surface area (Å²) in [5.41, 5.74) is 0. The van der Waals surface area contributed by atoms with Gasteiger partial charge >= 0.3 is 0 Å². The molecule has 0 aromatic heterocycles. The van der Waals surface area contributed by atoms with E-state index in [1.165, 1.54) is 25.7 Å². The van der Waals surface area contributed by atoms with Crippen LogP contribution in [0, 0.1) is 0 Å². The van der Waals surface area contributed by atoms with Crippen molar-refractivity contribution in [2.75, 3.05) is 13.2 Å². The molecule has 1 aliphatic heterocycles. The van der Waals surface area contributed by atoms with Gasteiger partial charge in [0.15, 0.2) is 5.76 Å². The van der Waals surface area contributed by atoms with E-state index in [1.807, 2.05) is 6.92 Å². The van der Waals surface area contributed by atoms with Crippen LogP contribution in [-0.2, 0) is 14.2 Å². The molecule has 15 heavy (non-hydrogen) atoms. The highest BCUT2D eigenvalue weighted by Gasteiger charge is 2.18. The summed E-state index contributed by atoms with van der Waals surface area (Å²) in [5.74, 6) is 0.817. The highest BCUT2D eigenvalue weighted by molar-refractivity contribution is 4.92. The van der Waals surface area contributed by atoms with Crippen molar-refractivity contribution in [3.05, 3.63) is 12.0 Å². The minimum atomic E-state index is -0.0719. The molecule has 88 valence electrons. The Morgan fingerprint density at radius 3 is 2.87 bits per heavy atom. The molecule has 1 rings (SSSR count). The summed E-state index contributed by atoms with van der Waals surface area (Å²) in [6.45, 7) is 5.42. The third kappa shape index (κ3) is 5.07. The lowest BCUT2D eigenvalue weighted by molar-refractivity contribution is -0.0465. The lowest BCUT2D eigenvalue weighted by Crippen LogP contribution is -2.09. The molecule has 0 aliphatic carbocycles. The Hall–Kier alpha value is -0.700. The van der Waals surface area contributed by atoms with E-state index in [0.717, 1.165) is 12.2 Å². The molecule has 0 fully saturated rings. The van der Waals surface area contributed by atoms with Crippen LogP contribution in [0.2, 0.25) is 0 Å². The smallest absolute Gasteiger partial charge is 0.240 e. The summed E-state index contributed by atoms with van der Waals surface area (Å²) in [4.78, 5) is 0. The monoisotopic (exact) mass is 214 g/mol. The average Bonchev–Trinajstić information content (AvgIpc) is 2.69. The number of unbranched alkanes of at least 4 members (excludes halogenated alkanes) is 3. The van der Waals surface area contributed by atoms with E-state index < -0.39 is 0 Å². The number of hydrogen-bond acceptors (Lipinski definition) is 3. The van der Waals surface area contributed by atoms with Crippen molar-refractivity contribution >= 4 is 0 Å². The van der Waals surface area contributed by atoms with Gasteiger partial charge < -0.3 is 14.2 Å². The zero-order valence-electron chi connectivity index (χ0n) is 9.83. The summed E-state index contributed by atoms with van der Waals surface area (Å²) >= 11 is 0. The molecule has 0 saturated heterocycles. The van der Waals surface area contributed by atoms with Crippen molar-refractivity contribution in [3.63, 3.8) is 0 Å². The molecule has 0 radical (unpaired) electrons. The number of ether oxygens (including phenoxy) is 3. The third-order valence-corrected chi connectivity index (χ3v) is 2.38. The van der Waals surface area contributed by atoms with Gasteiger partial charge in [0.05, 0.1) is 0 Å². The van der Waals surface area contributed by atoms with Crippen LogP contribution in [0.1, 0.15) is 46.0 Å². The number of hydrogen-bond donors (Lipinski definition) is 0. The molecule has 1 aliphatic rings. The maximum atomic E-state index is 5.56. The van der Waals surface area contributed by atoms with Crippen LogP contribution in [0.3, 0.4) is 0 Å². The number of rotatable bonds is 8. The molecular formula is C12H22O3. The summed E-state index contributed by atoms with van der Waals surface area (Å²) in [6, 6.07) is 0. The first kappa shape index (κ1) is 12.4. The first-order chi connectivity index (χ1) is 7.36. The molecule has 0 spiro atoms. The average molecular weight is 214 g/mol. The van der Waals surface area contributed by atoms with Crippen molar-refractivity contribution in [2.45, 2.75) is 52.2 Å². The molecule has 1 atom stereocenters. The van der Waals surface area contributed by atoms with E-state index in [-0.39, 0.29) is 6.29 Å². The zero-order valence-corrected chi connectivity index (χ0v) is 9.83. The first-order valence-corrected chi connectivity index (χ1v) is 5.95. The van der Waals surface area contributed by atoms with Gasteiger partial charge in [-0.2, -0.15) is 0 Å². The summed E-state index contributed by atoms with van der Waals surface area (Å²) in [6.07, 6.45) is 7.59. The predicted octanol–water partition coefficient (Wildman–Crippen LogP) is 3.21. The SMILES string of the molecule is CCCCCCC1OC=C(COCC)O1. The van der Waals surface area contributed by atoms with Crippen molar-refractivity contribution < 1.29 is 14.2 Å². The van der Waals surface area contributed by atoms with Gasteiger partial charge in [0.25, 0.3) is 0 Å². The van der Waals surface area contributed by atoms with Gasteiger partial charge in [-0.15, -0.1) is 0 Å². The van der Waals surface area contributed by atoms with Crippen LogP contribution >= 0.6 is 0 Å². The summed E-state index contributed by atoms with van der Waals surface area (Å²) < 4.78 is 16.2. The van der Waals surface area contributed by atoms with Gasteiger partial charge in [0.2, 0.25) is 6.29 Å². The molecule has 0 saturated carbocycles. The van der Waals surface area contributed by atoms with E-state index in [0.29, 0.717) is 13.2 Å². The Kier molecular flexibility index (Phi) is 6.25. The van der Waals surface area contributed by atoms with Gasteiger partial charge in [-0.25, -0.2) is 0 Å². The summed E-state index contributed by atoms with van der Waals surface area (Å²) in [7, 11) is 0. The molecule has 3 heteroatoms. The van der Waals surface area contributed by atoms with Crippen LogP contribution < -0.4 is 0 Å². The van der Waals surface area contributed by atoms with E-state index in [4.69, 9.17) is 14.2 Å². The van der Waals surface area contributed by atoms with Crippen molar-refractivity contribution in [3.8, 4) is 0 Å². The van der Waals surface area contributed by atoms with Crippen LogP contribution in [-0.4, -0.2) is 19.5 Å². The molecule has 3 nitrogen and oxygen atoms in total. The standard InChI is InChI=1S/C12H22O3/c1-3-5-6-7-8-12-14-10-11(15-12)9-13-4-2/h10,12H,3-9H2,1-2H3. The third-order valence-electron chi connectivity index (χ3n) is 2.38. The van der Waals surface area contributed by atoms with Crippen molar-refractivity contribution in [1.82, 2.24) is 0 Å². The maximum absolute atomic E-state index is 5.56. The molecule has 1 heterocycles. The fraction of sp³-hybridized carbons (Fsp3) is 0.833. The fourth-order valence-electron chi connectivity index (χ4n) is 1.51. The highest BCUT2D eigenvalue weighted by Crippen LogP contribution is 2.19. The minimum absolute atomic E-state index is 0.0719. The predicted molar refractivity (Wildman–Crippen MR) is 59.3 cm³/mol. The molecule has 1 unspecified atom stereocenters. The van der Waals surface area contributed by atoms with E-state index in [2.05, 4.69) is 6.92 Å². The molecule has 0 bridgehead atoms. The van der Waals surface area contributed by atoms with Crippen molar-refractivity contribution in [1.29, 1.82) is 0 Å². The summed E-state index contributed by atoms with van der Waals surface area (Å²) in [5, 5.41) is 0. The van der Waals surface area contributed by atoms with Crippen LogP contribution in [0.15, 0.2) is 12.0 Å². The van der Waals surface area contributed by atoms with Gasteiger partial charge in [-0.05, 0) is 13.3 Å². The van der Waals surface area contributed by atoms with Crippen LogP contribution in [0.5, 0.6) is 0 Å². The highest BCUT2D eigenvalue weighted by atomic mass is 16.7. The molecule has 0 aromatic rings. The lowest BCUT2D eigenvalue weighted by atomic mass is 10.1. The largest absolute Gasteiger partial charge is 0.459 e. The van der Waals surface area contributed by atoms with E-state index in [1.54, 1.807) is 6.26 Å². The fourth-order valence-corrected chi connectivity index (χ4v) is 1.51. The van der Waals surface area contributed by atoms with E-state index >= 15 is 0 Å². The van der Waals surface area contributed by atoms with Gasteiger partial charge in [-0.1, -0.05) is 26.2 Å². The normalized spacial score (nSPS) is 19.6. The molecular weight excluding hydrogens is 192 g/mol. The maximum Gasteiger partial charge on any atom is 0.240 e. The Morgan fingerprint density at radius 2 is 2.13 bits per heavy atom. The van der Waals surface area contributed by atoms with Gasteiger partial charge in [0.1, 0.15) is 12.9 Å². The van der Waals surface area contributed by atoms with Gasteiger partial charge in [-0.3, -0.25) is 0 Å². The van der Waals surface area contributed by atoms with E-state index in [9.17, 15) is 0 Å². The molecule has 0 amide bonds. The second kappa shape index (κ2) is 7.57. The second-order valence-corrected chi connectivity index (χ2v) is 3.75.